The fraction of sp³-hybridized carbons (Fsp3) is 0.524. The zero-order chi connectivity index (χ0) is 37.2. The third-order valence-electron chi connectivity index (χ3n) is 7.58. The summed E-state index contributed by atoms with van der Waals surface area (Å²) in [4.78, 5) is 70.7. The van der Waals surface area contributed by atoms with Gasteiger partial charge in [-0.05, 0) is 0 Å². The number of H-pyrrole nitrogens is 2. The highest BCUT2D eigenvalue weighted by Crippen LogP contribution is 2.67. The number of aryl methyl sites for hydroxylation is 1. The molecule has 0 bridgehead atoms. The van der Waals surface area contributed by atoms with Gasteiger partial charge in [0.1, 0.15) is 24.4 Å². The fourth-order valence-electron chi connectivity index (χ4n) is 5.40. The van der Waals surface area contributed by atoms with E-state index in [-0.39, 0.29) is 40.6 Å². The molecule has 30 heteroatoms. The van der Waals surface area contributed by atoms with Crippen LogP contribution in [0.1, 0.15) is 18.9 Å². The molecular weight excluding hydrogens is 757 g/mol. The molecular formula is C21H30N10O17P3+. The molecule has 27 nitrogen and oxygen atoms in total. The number of fused-ring (bicyclic) bond motifs is 2. The van der Waals surface area contributed by atoms with Gasteiger partial charge in [0.15, 0.2) is 29.9 Å². The van der Waals surface area contributed by atoms with E-state index in [0.717, 1.165) is 10.9 Å². The van der Waals surface area contributed by atoms with Crippen LogP contribution in [0.4, 0.5) is 11.9 Å². The van der Waals surface area contributed by atoms with Crippen molar-refractivity contribution >= 4 is 57.7 Å². The minimum atomic E-state index is -5.94. The van der Waals surface area contributed by atoms with Crippen molar-refractivity contribution in [2.45, 2.75) is 49.4 Å². The van der Waals surface area contributed by atoms with E-state index in [1.54, 1.807) is 7.05 Å². The predicted molar refractivity (Wildman–Crippen MR) is 163 cm³/mol. The number of aromatic nitrogens is 8. The Morgan fingerprint density at radius 2 is 1.53 bits per heavy atom. The summed E-state index contributed by atoms with van der Waals surface area (Å²) in [6.45, 7) is -1.98. The number of phosphoric ester groups is 2. The summed E-state index contributed by atoms with van der Waals surface area (Å²) < 4.78 is 69.7. The van der Waals surface area contributed by atoms with Gasteiger partial charge in [-0.15, -0.1) is 0 Å². The maximum absolute atomic E-state index is 12.5. The number of rotatable bonds is 12. The largest absolute Gasteiger partial charge is 0.490 e. The predicted octanol–water partition coefficient (Wildman–Crippen LogP) is -3.52. The molecule has 0 radical (unpaired) electrons. The van der Waals surface area contributed by atoms with E-state index in [4.69, 9.17) is 20.9 Å². The van der Waals surface area contributed by atoms with Crippen molar-refractivity contribution < 1.29 is 75.4 Å². The van der Waals surface area contributed by atoms with Crippen LogP contribution >= 0.6 is 23.5 Å². The monoisotopic (exact) mass is 787 g/mol. The standard InChI is InChI=1S/C21H29N10O17P3/c1-29-6-31(16-12(29)18(36)28-21(23)26-16)10-2-7(32)8(45-10)3-43-49(37,38)47-51(41,42)48-50(39,40)44-4-9-13(33)14(34)19(46-9)30-5-24-11-15(30)25-20(22)27-17(11)35/h5-10,13-14,19,32-34H,2-4H2,1H3,(H8-,22,23,25,26,27,28,35,36,37,38,39,40,41,42)/p+1/t7-,8+,9+,10+,13+,14+,19+/m0/s1. The molecule has 6 rings (SSSR count). The second kappa shape index (κ2) is 13.5. The van der Waals surface area contributed by atoms with Gasteiger partial charge in [0.05, 0.1) is 32.7 Å². The van der Waals surface area contributed by atoms with Gasteiger partial charge in [-0.2, -0.15) is 13.6 Å². The molecule has 6 heterocycles. The lowest BCUT2D eigenvalue weighted by Crippen LogP contribution is -2.39. The van der Waals surface area contributed by atoms with E-state index in [1.807, 2.05) is 0 Å². The summed E-state index contributed by atoms with van der Waals surface area (Å²) in [5, 5.41) is 31.4. The second-order valence-electron chi connectivity index (χ2n) is 11.2. The highest BCUT2D eigenvalue weighted by Gasteiger charge is 2.48. The van der Waals surface area contributed by atoms with Crippen LogP contribution in [0.2, 0.25) is 0 Å². The molecule has 2 fully saturated rings. The van der Waals surface area contributed by atoms with Crippen LogP contribution in [0, 0.1) is 0 Å². The smallest absolute Gasteiger partial charge is 0.390 e. The first-order chi connectivity index (χ1) is 23.7. The van der Waals surface area contributed by atoms with E-state index in [2.05, 4.69) is 42.6 Å². The molecule has 0 amide bonds. The van der Waals surface area contributed by atoms with Crippen LogP contribution in [0.3, 0.4) is 0 Å². The van der Waals surface area contributed by atoms with Crippen LogP contribution in [-0.4, -0.2) is 108 Å². The van der Waals surface area contributed by atoms with Crippen molar-refractivity contribution in [2.24, 2.45) is 7.05 Å². The van der Waals surface area contributed by atoms with Crippen molar-refractivity contribution in [3.63, 3.8) is 0 Å². The molecule has 12 N–H and O–H groups in total. The Labute approximate surface area is 281 Å². The van der Waals surface area contributed by atoms with Crippen LogP contribution in [0.5, 0.6) is 0 Å². The van der Waals surface area contributed by atoms with E-state index in [9.17, 15) is 53.3 Å². The van der Waals surface area contributed by atoms with Crippen molar-refractivity contribution in [1.29, 1.82) is 0 Å². The molecule has 4 aromatic heterocycles. The molecule has 4 aromatic rings. The number of hydrogen-bond acceptors (Lipinski definition) is 19. The first-order valence-electron chi connectivity index (χ1n) is 14.3. The molecule has 0 aromatic carbocycles. The Balaban J connectivity index is 1.03. The zero-order valence-electron chi connectivity index (χ0n) is 25.7. The van der Waals surface area contributed by atoms with E-state index < -0.39 is 90.8 Å². The number of aliphatic hydroxyl groups is 3. The lowest BCUT2D eigenvalue weighted by molar-refractivity contribution is -0.739. The summed E-state index contributed by atoms with van der Waals surface area (Å²) in [6, 6.07) is 0. The highest BCUT2D eigenvalue weighted by atomic mass is 31.3. The maximum Gasteiger partial charge on any atom is 0.490 e. The number of nitrogens with two attached hydrogens (primary N) is 2. The number of nitrogen functional groups attached to an aromatic ring is 2. The molecule has 2 saturated heterocycles. The average Bonchev–Trinajstić information content (AvgIpc) is 3.74. The second-order valence-corrected chi connectivity index (χ2v) is 15.8. The Morgan fingerprint density at radius 1 is 0.922 bits per heavy atom. The molecule has 2 aliphatic heterocycles. The topological polar surface area (TPSA) is 398 Å². The van der Waals surface area contributed by atoms with Gasteiger partial charge in [0, 0.05) is 6.42 Å². The van der Waals surface area contributed by atoms with Crippen LogP contribution < -0.4 is 27.2 Å². The van der Waals surface area contributed by atoms with Gasteiger partial charge < -0.3 is 50.9 Å². The van der Waals surface area contributed by atoms with Gasteiger partial charge in [0.2, 0.25) is 11.5 Å². The van der Waals surface area contributed by atoms with Crippen molar-refractivity contribution in [3.05, 3.63) is 33.4 Å². The number of hydrogen-bond donors (Lipinski definition) is 10. The third kappa shape index (κ3) is 7.68. The summed E-state index contributed by atoms with van der Waals surface area (Å²) >= 11 is 0. The Kier molecular flexibility index (Phi) is 9.86. The third-order valence-corrected chi connectivity index (χ3v) is 11.8. The van der Waals surface area contributed by atoms with Crippen molar-refractivity contribution in [3.8, 4) is 0 Å². The maximum atomic E-state index is 12.5. The number of nitrogens with zero attached hydrogens (tertiary/aromatic N) is 6. The number of ether oxygens (including phenoxy) is 2. The average molecular weight is 787 g/mol. The SMILES string of the molecule is Cn1c[n+]([C@H]2C[C@H](O)[C@@H](COP(=O)(O)OP(=O)(O)OP(=O)(O)OC[C@H]3O[C@@H](n4cnc5c(=O)[nH]c(N)nc54)[C@H](O)[C@@H]3O)O2)c2nc(N)[nH]c(=O)c21. The Morgan fingerprint density at radius 3 is 2.20 bits per heavy atom. The molecule has 2 aliphatic rings. The van der Waals surface area contributed by atoms with E-state index in [1.165, 1.54) is 15.5 Å². The first-order valence-corrected chi connectivity index (χ1v) is 18.8. The quantitative estimate of drug-likeness (QED) is 0.0491. The Bertz CT molecular complexity index is 2240. The van der Waals surface area contributed by atoms with Crippen molar-refractivity contribution in [2.75, 3.05) is 24.7 Å². The summed E-state index contributed by atoms with van der Waals surface area (Å²) in [7, 11) is -15.6. The van der Waals surface area contributed by atoms with Gasteiger partial charge in [-0.25, -0.2) is 23.2 Å². The van der Waals surface area contributed by atoms with E-state index in [0.29, 0.717) is 0 Å². The molecule has 0 saturated carbocycles. The number of aromatic amines is 2. The molecule has 0 spiro atoms. The summed E-state index contributed by atoms with van der Waals surface area (Å²) in [6.07, 6.45) is -7.92. The minimum absolute atomic E-state index is 0.0974. The first kappa shape index (κ1) is 37.3. The van der Waals surface area contributed by atoms with Crippen LogP contribution in [0.25, 0.3) is 22.3 Å². The number of imidazole rings is 2. The van der Waals surface area contributed by atoms with Crippen LogP contribution in [-0.2, 0) is 47.9 Å². The molecule has 0 aliphatic carbocycles. The fourth-order valence-corrected chi connectivity index (χ4v) is 8.92. The Hall–Kier alpha value is -3.49. The number of anilines is 2. The number of aliphatic hydroxyl groups excluding tert-OH is 3. The minimum Gasteiger partial charge on any atom is -0.390 e. The lowest BCUT2D eigenvalue weighted by atomic mass is 10.1. The summed E-state index contributed by atoms with van der Waals surface area (Å²) in [5.41, 5.74) is 9.80. The normalized spacial score (nSPS) is 29.0. The summed E-state index contributed by atoms with van der Waals surface area (Å²) in [5.74, 6) is -0.496. The lowest BCUT2D eigenvalue weighted by Gasteiger charge is -2.21. The highest BCUT2D eigenvalue weighted by molar-refractivity contribution is 7.66. The molecule has 3 unspecified atom stereocenters. The number of nitrogens with one attached hydrogen (secondary N) is 2. The number of phosphoric acid groups is 3. The van der Waals surface area contributed by atoms with Gasteiger partial charge in [-0.1, -0.05) is 4.98 Å². The van der Waals surface area contributed by atoms with Crippen molar-refractivity contribution in [1.82, 2.24) is 34.1 Å². The zero-order valence-corrected chi connectivity index (χ0v) is 28.4. The van der Waals surface area contributed by atoms with Gasteiger partial charge in [0.25, 0.3) is 17.1 Å². The van der Waals surface area contributed by atoms with Gasteiger partial charge in [-0.3, -0.25) is 37.7 Å². The molecule has 51 heavy (non-hydrogen) atoms. The molecule has 280 valence electrons. The molecule has 10 atom stereocenters. The van der Waals surface area contributed by atoms with Gasteiger partial charge >= 0.3 is 29.1 Å². The van der Waals surface area contributed by atoms with Crippen LogP contribution in [0.15, 0.2) is 22.2 Å². The van der Waals surface area contributed by atoms with E-state index >= 15 is 0 Å².